The minimum absolute atomic E-state index is 0.0191. The van der Waals surface area contributed by atoms with Crippen LogP contribution in [-0.2, 0) is 14.3 Å². The van der Waals surface area contributed by atoms with E-state index in [0.29, 0.717) is 11.3 Å². The number of rotatable bonds is 4. The molecular weight excluding hydrogens is 408 g/mol. The average molecular weight is 425 g/mol. The molecule has 0 amide bonds. The maximum Gasteiger partial charge on any atom is 0.338 e. The second-order valence-electron chi connectivity index (χ2n) is 5.81. The largest absolute Gasteiger partial charge is 0.463 e. The standard InChI is InChI=1S/C21H17BrN2O3/c1-2-26-21(25)18-17(14-9-6-10-15(22)11-14)16(12-23)20(24)27-19(18)13-7-4-3-5-8-13/h3-11,17H,2,24H2,1H3. The zero-order valence-electron chi connectivity index (χ0n) is 14.6. The van der Waals surface area contributed by atoms with Gasteiger partial charge in [0.05, 0.1) is 18.1 Å². The molecule has 1 atom stereocenters. The number of nitrogens with two attached hydrogens (primary N) is 1. The van der Waals surface area contributed by atoms with Crippen molar-refractivity contribution in [3.8, 4) is 6.07 Å². The Balaban J connectivity index is 2.28. The van der Waals surface area contributed by atoms with Gasteiger partial charge in [-0.05, 0) is 24.6 Å². The zero-order valence-corrected chi connectivity index (χ0v) is 16.2. The van der Waals surface area contributed by atoms with E-state index in [1.165, 1.54) is 0 Å². The Morgan fingerprint density at radius 2 is 2.00 bits per heavy atom. The summed E-state index contributed by atoms with van der Waals surface area (Å²) in [6.07, 6.45) is 0. The lowest BCUT2D eigenvalue weighted by molar-refractivity contribution is -0.138. The van der Waals surface area contributed by atoms with E-state index in [1.807, 2.05) is 54.6 Å². The van der Waals surface area contributed by atoms with Crippen LogP contribution < -0.4 is 5.73 Å². The molecule has 0 aliphatic carbocycles. The Kier molecular flexibility index (Phi) is 5.63. The smallest absolute Gasteiger partial charge is 0.338 e. The van der Waals surface area contributed by atoms with Gasteiger partial charge >= 0.3 is 5.97 Å². The second kappa shape index (κ2) is 8.11. The first kappa shape index (κ1) is 18.7. The Labute approximate surface area is 165 Å². The molecule has 3 rings (SSSR count). The van der Waals surface area contributed by atoms with Gasteiger partial charge < -0.3 is 15.2 Å². The molecule has 0 saturated carbocycles. The summed E-state index contributed by atoms with van der Waals surface area (Å²) in [7, 11) is 0. The molecule has 1 aliphatic heterocycles. The second-order valence-corrected chi connectivity index (χ2v) is 6.72. The molecule has 0 saturated heterocycles. The third kappa shape index (κ3) is 3.74. The maximum absolute atomic E-state index is 12.9. The number of carbonyl (C=O) groups is 1. The van der Waals surface area contributed by atoms with Crippen molar-refractivity contribution in [1.29, 1.82) is 5.26 Å². The summed E-state index contributed by atoms with van der Waals surface area (Å²) < 4.78 is 11.8. The van der Waals surface area contributed by atoms with Gasteiger partial charge in [0.1, 0.15) is 17.4 Å². The van der Waals surface area contributed by atoms with Gasteiger partial charge in [-0.25, -0.2) is 4.79 Å². The molecule has 0 bridgehead atoms. The van der Waals surface area contributed by atoms with Gasteiger partial charge in [0, 0.05) is 10.0 Å². The lowest BCUT2D eigenvalue weighted by atomic mass is 9.82. The van der Waals surface area contributed by atoms with Crippen molar-refractivity contribution in [3.63, 3.8) is 0 Å². The van der Waals surface area contributed by atoms with Gasteiger partial charge in [0.25, 0.3) is 0 Å². The number of esters is 1. The third-order valence-corrected chi connectivity index (χ3v) is 4.63. The first-order valence-electron chi connectivity index (χ1n) is 8.36. The predicted molar refractivity (Wildman–Crippen MR) is 105 cm³/mol. The van der Waals surface area contributed by atoms with Gasteiger partial charge in [0.15, 0.2) is 0 Å². The first-order chi connectivity index (χ1) is 13.1. The molecule has 1 unspecified atom stereocenters. The summed E-state index contributed by atoms with van der Waals surface area (Å²) in [4.78, 5) is 12.9. The summed E-state index contributed by atoms with van der Waals surface area (Å²) in [5.41, 5.74) is 7.91. The van der Waals surface area contributed by atoms with Crippen LogP contribution in [0, 0.1) is 11.3 Å². The molecule has 0 radical (unpaired) electrons. The highest BCUT2D eigenvalue weighted by Crippen LogP contribution is 2.43. The summed E-state index contributed by atoms with van der Waals surface area (Å²) in [5, 5.41) is 9.69. The first-order valence-corrected chi connectivity index (χ1v) is 9.15. The van der Waals surface area contributed by atoms with Gasteiger partial charge in [0.2, 0.25) is 5.88 Å². The number of ether oxygens (including phenoxy) is 2. The third-order valence-electron chi connectivity index (χ3n) is 4.13. The van der Waals surface area contributed by atoms with Crippen molar-refractivity contribution in [1.82, 2.24) is 0 Å². The lowest BCUT2D eigenvalue weighted by Crippen LogP contribution is -2.25. The topological polar surface area (TPSA) is 85.3 Å². The van der Waals surface area contributed by atoms with E-state index in [2.05, 4.69) is 22.0 Å². The maximum atomic E-state index is 12.9. The average Bonchev–Trinajstić information content (AvgIpc) is 2.68. The number of carbonyl (C=O) groups excluding carboxylic acids is 1. The van der Waals surface area contributed by atoms with E-state index in [1.54, 1.807) is 6.92 Å². The molecule has 0 aromatic heterocycles. The highest BCUT2D eigenvalue weighted by atomic mass is 79.9. The summed E-state index contributed by atoms with van der Waals surface area (Å²) in [6, 6.07) is 18.7. The van der Waals surface area contributed by atoms with Crippen molar-refractivity contribution < 1.29 is 14.3 Å². The van der Waals surface area contributed by atoms with Crippen LogP contribution in [0.3, 0.4) is 0 Å². The Morgan fingerprint density at radius 3 is 2.63 bits per heavy atom. The number of halogens is 1. The minimum atomic E-state index is -0.685. The van der Waals surface area contributed by atoms with Crippen molar-refractivity contribution in [2.75, 3.05) is 6.61 Å². The van der Waals surface area contributed by atoms with Crippen LogP contribution >= 0.6 is 15.9 Å². The Morgan fingerprint density at radius 1 is 1.26 bits per heavy atom. The molecule has 6 heteroatoms. The monoisotopic (exact) mass is 424 g/mol. The summed E-state index contributed by atoms with van der Waals surface area (Å²) in [5.74, 6) is -0.943. The number of hydrogen-bond acceptors (Lipinski definition) is 5. The van der Waals surface area contributed by atoms with Crippen LogP contribution in [0.5, 0.6) is 0 Å². The number of nitriles is 1. The number of hydrogen-bond donors (Lipinski definition) is 1. The van der Waals surface area contributed by atoms with Crippen LogP contribution in [0.4, 0.5) is 0 Å². The molecule has 0 fully saturated rings. The fourth-order valence-corrected chi connectivity index (χ4v) is 3.42. The molecule has 2 aromatic rings. The van der Waals surface area contributed by atoms with Crippen LogP contribution in [0.25, 0.3) is 5.76 Å². The fraction of sp³-hybridized carbons (Fsp3) is 0.143. The van der Waals surface area contributed by atoms with Crippen LogP contribution in [-0.4, -0.2) is 12.6 Å². The van der Waals surface area contributed by atoms with Crippen LogP contribution in [0.15, 0.2) is 76.1 Å². The van der Waals surface area contributed by atoms with E-state index in [0.717, 1.165) is 10.0 Å². The van der Waals surface area contributed by atoms with Crippen molar-refractivity contribution in [3.05, 3.63) is 87.2 Å². The highest BCUT2D eigenvalue weighted by molar-refractivity contribution is 9.10. The summed E-state index contributed by atoms with van der Waals surface area (Å²) >= 11 is 3.44. The normalized spacial score (nSPS) is 16.6. The molecule has 0 spiro atoms. The van der Waals surface area contributed by atoms with Gasteiger partial charge in [-0.3, -0.25) is 0 Å². The molecular formula is C21H17BrN2O3. The van der Waals surface area contributed by atoms with Gasteiger partial charge in [-0.2, -0.15) is 5.26 Å². The fourth-order valence-electron chi connectivity index (χ4n) is 3.00. The van der Waals surface area contributed by atoms with Crippen molar-refractivity contribution >= 4 is 27.7 Å². The highest BCUT2D eigenvalue weighted by Gasteiger charge is 2.38. The van der Waals surface area contributed by atoms with E-state index < -0.39 is 11.9 Å². The molecule has 27 heavy (non-hydrogen) atoms. The Bertz CT molecular complexity index is 974. The van der Waals surface area contributed by atoms with E-state index >= 15 is 0 Å². The Hall–Kier alpha value is -3.04. The van der Waals surface area contributed by atoms with Crippen LogP contribution in [0.1, 0.15) is 24.0 Å². The van der Waals surface area contributed by atoms with Crippen molar-refractivity contribution in [2.45, 2.75) is 12.8 Å². The SMILES string of the molecule is CCOC(=O)C1=C(c2ccccc2)OC(N)=C(C#N)C1c1cccc(Br)c1. The van der Waals surface area contributed by atoms with E-state index in [4.69, 9.17) is 15.2 Å². The zero-order chi connectivity index (χ0) is 19.4. The molecule has 1 aliphatic rings. The molecule has 136 valence electrons. The predicted octanol–water partition coefficient (Wildman–Crippen LogP) is 4.23. The number of nitrogens with zero attached hydrogens (tertiary/aromatic N) is 1. The molecule has 5 nitrogen and oxygen atoms in total. The lowest BCUT2D eigenvalue weighted by Gasteiger charge is -2.28. The van der Waals surface area contributed by atoms with Gasteiger partial charge in [-0.15, -0.1) is 0 Å². The van der Waals surface area contributed by atoms with E-state index in [9.17, 15) is 10.1 Å². The number of allylic oxidation sites excluding steroid dienone is 1. The summed E-state index contributed by atoms with van der Waals surface area (Å²) in [6.45, 7) is 1.94. The molecule has 2 N–H and O–H groups in total. The molecule has 2 aromatic carbocycles. The van der Waals surface area contributed by atoms with Gasteiger partial charge in [-0.1, -0.05) is 58.4 Å². The quantitative estimate of drug-likeness (QED) is 0.741. The minimum Gasteiger partial charge on any atom is -0.463 e. The number of benzene rings is 2. The molecule has 1 heterocycles. The van der Waals surface area contributed by atoms with Crippen molar-refractivity contribution in [2.24, 2.45) is 5.73 Å². The van der Waals surface area contributed by atoms with E-state index in [-0.39, 0.29) is 23.6 Å². The van der Waals surface area contributed by atoms with Crippen LogP contribution in [0.2, 0.25) is 0 Å².